The Labute approximate surface area is 168 Å². The molecule has 0 spiro atoms. The Balaban J connectivity index is 0.00000288. The van der Waals surface area contributed by atoms with Crippen LogP contribution in [-0.4, -0.2) is 37.2 Å². The van der Waals surface area contributed by atoms with Crippen LogP contribution in [0.5, 0.6) is 5.75 Å². The monoisotopic (exact) mass is 404 g/mol. The van der Waals surface area contributed by atoms with Crippen LogP contribution in [-0.2, 0) is 13.1 Å². The molecule has 0 saturated carbocycles. The van der Waals surface area contributed by atoms with Gasteiger partial charge in [-0.05, 0) is 45.8 Å². The molecular formula is C19H27Cl3N2O. The Hall–Kier alpha value is -0.970. The van der Waals surface area contributed by atoms with Crippen molar-refractivity contribution in [3.8, 4) is 5.75 Å². The van der Waals surface area contributed by atoms with E-state index in [2.05, 4.69) is 48.0 Å². The minimum absolute atomic E-state index is 0. The van der Waals surface area contributed by atoms with E-state index in [1.807, 2.05) is 38.4 Å². The summed E-state index contributed by atoms with van der Waals surface area (Å²) >= 11 is 6.14. The highest BCUT2D eigenvalue weighted by Gasteiger charge is 2.14. The normalized spacial score (nSPS) is 11.6. The first-order valence-electron chi connectivity index (χ1n) is 7.79. The van der Waals surface area contributed by atoms with Gasteiger partial charge in [-0.3, -0.25) is 4.90 Å². The molecular weight excluding hydrogens is 379 g/mol. The lowest BCUT2D eigenvalue weighted by Crippen LogP contribution is -2.33. The first-order valence-corrected chi connectivity index (χ1v) is 8.17. The summed E-state index contributed by atoms with van der Waals surface area (Å²) in [6.45, 7) is 3.72. The molecule has 2 rings (SSSR count). The predicted octanol–water partition coefficient (Wildman–Crippen LogP) is 5.10. The quantitative estimate of drug-likeness (QED) is 0.596. The van der Waals surface area contributed by atoms with Gasteiger partial charge in [0.05, 0.1) is 0 Å². The van der Waals surface area contributed by atoms with Gasteiger partial charge in [-0.15, -0.1) is 24.8 Å². The van der Waals surface area contributed by atoms with Crippen molar-refractivity contribution in [1.82, 2.24) is 9.80 Å². The average Bonchev–Trinajstić information content (AvgIpc) is 2.50. The van der Waals surface area contributed by atoms with Gasteiger partial charge in [-0.2, -0.15) is 0 Å². The third-order valence-electron chi connectivity index (χ3n) is 3.71. The molecule has 2 aromatic carbocycles. The largest absolute Gasteiger partial charge is 0.475 e. The zero-order chi connectivity index (χ0) is 16.8. The molecule has 0 heterocycles. The van der Waals surface area contributed by atoms with E-state index in [4.69, 9.17) is 16.3 Å². The fraction of sp³-hybridized carbons (Fsp3) is 0.368. The molecule has 140 valence electrons. The minimum atomic E-state index is -0.0467. The molecule has 0 fully saturated rings. The summed E-state index contributed by atoms with van der Waals surface area (Å²) in [6.07, 6.45) is -0.0467. The number of ether oxygens (including phenoxy) is 1. The van der Waals surface area contributed by atoms with Gasteiger partial charge in [0.1, 0.15) is 12.0 Å². The highest BCUT2D eigenvalue weighted by Crippen LogP contribution is 2.26. The van der Waals surface area contributed by atoms with Crippen molar-refractivity contribution in [2.45, 2.75) is 26.2 Å². The molecule has 0 aromatic heterocycles. The highest BCUT2D eigenvalue weighted by molar-refractivity contribution is 6.30. The molecule has 0 aliphatic carbocycles. The van der Waals surface area contributed by atoms with E-state index in [1.165, 1.54) is 5.56 Å². The second-order valence-electron chi connectivity index (χ2n) is 6.11. The topological polar surface area (TPSA) is 15.7 Å². The van der Waals surface area contributed by atoms with Gasteiger partial charge in [-0.25, -0.2) is 0 Å². The van der Waals surface area contributed by atoms with Gasteiger partial charge >= 0.3 is 0 Å². The summed E-state index contributed by atoms with van der Waals surface area (Å²) in [6, 6.07) is 16.2. The predicted molar refractivity (Wildman–Crippen MR) is 111 cm³/mol. The number of nitrogens with zero attached hydrogens (tertiary/aromatic N) is 2. The minimum Gasteiger partial charge on any atom is -0.475 e. The van der Waals surface area contributed by atoms with Gasteiger partial charge in [0.2, 0.25) is 0 Å². The van der Waals surface area contributed by atoms with E-state index >= 15 is 0 Å². The smallest absolute Gasteiger partial charge is 0.149 e. The summed E-state index contributed by atoms with van der Waals surface area (Å²) in [5.74, 6) is 0.846. The van der Waals surface area contributed by atoms with Crippen LogP contribution in [0.3, 0.4) is 0 Å². The molecule has 3 nitrogen and oxygen atoms in total. The molecule has 0 N–H and O–H groups in total. The Kier molecular flexibility index (Phi) is 11.2. The van der Waals surface area contributed by atoms with E-state index in [9.17, 15) is 0 Å². The molecule has 0 saturated heterocycles. The van der Waals surface area contributed by atoms with Gasteiger partial charge in [0.15, 0.2) is 0 Å². The fourth-order valence-electron chi connectivity index (χ4n) is 2.38. The number of rotatable bonds is 7. The SMILES string of the molecule is CC(Oc1cc(Cl)ccc1CN(C)C)N(C)Cc1ccccc1.Cl.Cl. The Bertz CT molecular complexity index is 623. The number of hydrogen-bond acceptors (Lipinski definition) is 3. The van der Waals surface area contributed by atoms with Crippen LogP contribution in [0.1, 0.15) is 18.1 Å². The highest BCUT2D eigenvalue weighted by atomic mass is 35.5. The maximum absolute atomic E-state index is 6.18. The average molecular weight is 406 g/mol. The maximum Gasteiger partial charge on any atom is 0.149 e. The summed E-state index contributed by atoms with van der Waals surface area (Å²) in [4.78, 5) is 4.30. The van der Waals surface area contributed by atoms with Crippen molar-refractivity contribution in [3.63, 3.8) is 0 Å². The third-order valence-corrected chi connectivity index (χ3v) is 3.94. The lowest BCUT2D eigenvalue weighted by molar-refractivity contribution is 0.0537. The van der Waals surface area contributed by atoms with Crippen LogP contribution in [0.15, 0.2) is 48.5 Å². The van der Waals surface area contributed by atoms with Crippen molar-refractivity contribution in [2.24, 2.45) is 0 Å². The van der Waals surface area contributed by atoms with Crippen molar-refractivity contribution in [1.29, 1.82) is 0 Å². The molecule has 0 radical (unpaired) electrons. The molecule has 0 aliphatic heterocycles. The van der Waals surface area contributed by atoms with Gasteiger partial charge in [0, 0.05) is 23.7 Å². The Morgan fingerprint density at radius 1 is 0.960 bits per heavy atom. The summed E-state index contributed by atoms with van der Waals surface area (Å²) in [5.41, 5.74) is 2.41. The van der Waals surface area contributed by atoms with Crippen molar-refractivity contribution in [3.05, 3.63) is 64.7 Å². The van der Waals surface area contributed by atoms with E-state index in [0.29, 0.717) is 5.02 Å². The first-order chi connectivity index (χ1) is 11.0. The third kappa shape index (κ3) is 7.85. The Morgan fingerprint density at radius 2 is 1.60 bits per heavy atom. The molecule has 25 heavy (non-hydrogen) atoms. The number of halogens is 3. The molecule has 2 aromatic rings. The molecule has 1 unspecified atom stereocenters. The van der Waals surface area contributed by atoms with Crippen molar-refractivity contribution >= 4 is 36.4 Å². The molecule has 0 aliphatic rings. The van der Waals surface area contributed by atoms with Crippen LogP contribution in [0, 0.1) is 0 Å². The summed E-state index contributed by atoms with van der Waals surface area (Å²) < 4.78 is 6.18. The van der Waals surface area contributed by atoms with Crippen LogP contribution in [0.4, 0.5) is 0 Å². The second kappa shape index (κ2) is 11.6. The summed E-state index contributed by atoms with van der Waals surface area (Å²) in [5, 5.41) is 0.695. The molecule has 6 heteroatoms. The molecule has 0 bridgehead atoms. The summed E-state index contributed by atoms with van der Waals surface area (Å²) in [7, 11) is 6.15. The zero-order valence-electron chi connectivity index (χ0n) is 15.1. The fourth-order valence-corrected chi connectivity index (χ4v) is 2.55. The van der Waals surface area contributed by atoms with Crippen LogP contribution < -0.4 is 4.74 Å². The zero-order valence-corrected chi connectivity index (χ0v) is 17.5. The van der Waals surface area contributed by atoms with Crippen molar-refractivity contribution < 1.29 is 4.74 Å². The second-order valence-corrected chi connectivity index (χ2v) is 6.54. The van der Waals surface area contributed by atoms with E-state index in [1.54, 1.807) is 0 Å². The van der Waals surface area contributed by atoms with Crippen LogP contribution in [0.25, 0.3) is 0 Å². The first kappa shape index (κ1) is 24.0. The Morgan fingerprint density at radius 3 is 2.20 bits per heavy atom. The van der Waals surface area contributed by atoms with Crippen molar-refractivity contribution in [2.75, 3.05) is 21.1 Å². The van der Waals surface area contributed by atoms with E-state index < -0.39 is 0 Å². The standard InChI is InChI=1S/C19H25ClN2O.2ClH/c1-15(22(4)13-16-8-6-5-7-9-16)23-19-12-18(20)11-10-17(19)14-21(2)3;;/h5-12,15H,13-14H2,1-4H3;2*1H. The van der Waals surface area contributed by atoms with Gasteiger partial charge in [0.25, 0.3) is 0 Å². The van der Waals surface area contributed by atoms with Crippen LogP contribution >= 0.6 is 36.4 Å². The van der Waals surface area contributed by atoms with Gasteiger partial charge in [-0.1, -0.05) is 48.0 Å². The van der Waals surface area contributed by atoms with E-state index in [0.717, 1.165) is 24.4 Å². The molecule has 0 amide bonds. The maximum atomic E-state index is 6.18. The van der Waals surface area contributed by atoms with Crippen LogP contribution in [0.2, 0.25) is 5.02 Å². The number of hydrogen-bond donors (Lipinski definition) is 0. The number of benzene rings is 2. The van der Waals surface area contributed by atoms with E-state index in [-0.39, 0.29) is 31.0 Å². The molecule has 1 atom stereocenters. The van der Waals surface area contributed by atoms with Gasteiger partial charge < -0.3 is 9.64 Å². The lowest BCUT2D eigenvalue weighted by Gasteiger charge is -2.27. The lowest BCUT2D eigenvalue weighted by atomic mass is 10.2.